The van der Waals surface area contributed by atoms with Crippen molar-refractivity contribution >= 4 is 21.8 Å². The van der Waals surface area contributed by atoms with Crippen LogP contribution in [0.3, 0.4) is 0 Å². The number of anilines is 1. The van der Waals surface area contributed by atoms with Crippen molar-refractivity contribution in [3.8, 4) is 16.9 Å². The summed E-state index contributed by atoms with van der Waals surface area (Å²) < 4.78 is 28.4. The minimum atomic E-state index is -4.13. The first-order chi connectivity index (χ1) is 13.8. The molecule has 0 aromatic heterocycles. The van der Waals surface area contributed by atoms with E-state index in [4.69, 9.17) is 9.88 Å². The molecule has 0 saturated heterocycles. The summed E-state index contributed by atoms with van der Waals surface area (Å²) in [6.07, 6.45) is -0.738. The van der Waals surface area contributed by atoms with Crippen molar-refractivity contribution in [2.24, 2.45) is 5.14 Å². The second-order valence-electron chi connectivity index (χ2n) is 6.68. The number of aromatic hydroxyl groups is 1. The monoisotopic (exact) mass is 410 g/mol. The first-order valence-corrected chi connectivity index (χ1v) is 10.4. The number of carbonyl (C=O) groups is 1. The Hall–Kier alpha value is -3.36. The Morgan fingerprint density at radius 3 is 2.17 bits per heavy atom. The molecule has 1 aliphatic rings. The van der Waals surface area contributed by atoms with Crippen LogP contribution in [0.25, 0.3) is 11.1 Å². The maximum Gasteiger partial charge on any atom is 0.411 e. The molecule has 0 fully saturated rings. The van der Waals surface area contributed by atoms with Gasteiger partial charge >= 0.3 is 6.09 Å². The third-order valence-corrected chi connectivity index (χ3v) is 5.80. The molecule has 0 saturated carbocycles. The van der Waals surface area contributed by atoms with Crippen LogP contribution in [0.1, 0.15) is 17.0 Å². The molecular formula is C21H18N2O5S. The average Bonchev–Trinajstić information content (AvgIpc) is 3.01. The van der Waals surface area contributed by atoms with Gasteiger partial charge in [-0.15, -0.1) is 0 Å². The van der Waals surface area contributed by atoms with Crippen molar-refractivity contribution in [2.75, 3.05) is 11.9 Å². The number of primary sulfonamides is 1. The van der Waals surface area contributed by atoms with Gasteiger partial charge in [0.25, 0.3) is 0 Å². The number of phenols is 1. The smallest absolute Gasteiger partial charge is 0.411 e. The van der Waals surface area contributed by atoms with E-state index >= 15 is 0 Å². The number of fused-ring (bicyclic) bond motifs is 3. The molecule has 0 aliphatic heterocycles. The molecule has 148 valence electrons. The molecule has 3 aromatic carbocycles. The van der Waals surface area contributed by atoms with Gasteiger partial charge in [-0.05, 0) is 40.5 Å². The second-order valence-corrected chi connectivity index (χ2v) is 8.21. The number of hydrogen-bond donors (Lipinski definition) is 3. The first-order valence-electron chi connectivity index (χ1n) is 8.82. The number of ether oxygens (including phenoxy) is 1. The molecule has 4 rings (SSSR count). The van der Waals surface area contributed by atoms with Crippen molar-refractivity contribution in [2.45, 2.75) is 10.8 Å². The minimum Gasteiger partial charge on any atom is -0.507 e. The van der Waals surface area contributed by atoms with E-state index < -0.39 is 26.8 Å². The van der Waals surface area contributed by atoms with Gasteiger partial charge in [-0.3, -0.25) is 5.32 Å². The maximum atomic E-state index is 12.3. The van der Waals surface area contributed by atoms with Crippen LogP contribution in [-0.4, -0.2) is 26.2 Å². The van der Waals surface area contributed by atoms with E-state index in [1.165, 1.54) is 6.07 Å². The van der Waals surface area contributed by atoms with Gasteiger partial charge in [-0.1, -0.05) is 48.5 Å². The lowest BCUT2D eigenvalue weighted by Gasteiger charge is -2.15. The summed E-state index contributed by atoms with van der Waals surface area (Å²) in [6, 6.07) is 19.5. The summed E-state index contributed by atoms with van der Waals surface area (Å²) in [4.78, 5) is 11.8. The van der Waals surface area contributed by atoms with Crippen molar-refractivity contribution in [3.05, 3.63) is 77.9 Å². The van der Waals surface area contributed by atoms with Gasteiger partial charge in [0.15, 0.2) is 0 Å². The Morgan fingerprint density at radius 2 is 1.59 bits per heavy atom. The van der Waals surface area contributed by atoms with Crippen LogP contribution in [0.5, 0.6) is 5.75 Å². The molecule has 0 spiro atoms. The molecule has 0 atom stereocenters. The zero-order chi connectivity index (χ0) is 20.6. The number of nitrogens with two attached hydrogens (primary N) is 1. The van der Waals surface area contributed by atoms with E-state index in [0.717, 1.165) is 34.4 Å². The Labute approximate surface area is 167 Å². The number of carbonyl (C=O) groups excluding carboxylic acids is 1. The van der Waals surface area contributed by atoms with Gasteiger partial charge in [0.05, 0.1) is 0 Å². The minimum absolute atomic E-state index is 0.0899. The lowest BCUT2D eigenvalue weighted by molar-refractivity contribution is 0.158. The number of nitrogens with one attached hydrogen (secondary N) is 1. The molecule has 1 aliphatic carbocycles. The maximum absolute atomic E-state index is 12.3. The summed E-state index contributed by atoms with van der Waals surface area (Å²) in [5.41, 5.74) is 4.55. The van der Waals surface area contributed by atoms with Crippen molar-refractivity contribution < 1.29 is 23.1 Å². The third kappa shape index (κ3) is 3.67. The van der Waals surface area contributed by atoms with Crippen LogP contribution in [0.15, 0.2) is 71.6 Å². The number of rotatable bonds is 4. The standard InChI is InChI=1S/C21H18N2O5S/c22-29(26,27)20-11-13(9-10-19(20)24)23-21(25)28-12-18-16-7-3-1-5-14(16)15-6-2-4-8-17(15)18/h1-11,18,24H,12H2,(H,23,25)(H2,22,26,27). The number of phenolic OH excluding ortho intramolecular Hbond substituents is 1. The predicted octanol–water partition coefficient (Wildman–Crippen LogP) is 3.40. The van der Waals surface area contributed by atoms with Crippen molar-refractivity contribution in [1.82, 2.24) is 0 Å². The predicted molar refractivity (Wildman–Crippen MR) is 108 cm³/mol. The van der Waals surface area contributed by atoms with E-state index in [0.29, 0.717) is 0 Å². The highest BCUT2D eigenvalue weighted by molar-refractivity contribution is 7.89. The first kappa shape index (κ1) is 19.0. The van der Waals surface area contributed by atoms with Crippen LogP contribution in [0.2, 0.25) is 0 Å². The highest BCUT2D eigenvalue weighted by atomic mass is 32.2. The molecule has 1 amide bonds. The molecule has 0 heterocycles. The largest absolute Gasteiger partial charge is 0.507 e. The fraction of sp³-hybridized carbons (Fsp3) is 0.0952. The van der Waals surface area contributed by atoms with Gasteiger partial charge in [-0.2, -0.15) is 0 Å². The molecule has 0 unspecified atom stereocenters. The fourth-order valence-corrected chi connectivity index (χ4v) is 4.22. The van der Waals surface area contributed by atoms with Gasteiger partial charge in [-0.25, -0.2) is 18.4 Å². The van der Waals surface area contributed by atoms with Crippen LogP contribution in [-0.2, 0) is 14.8 Å². The Morgan fingerprint density at radius 1 is 1.00 bits per heavy atom. The van der Waals surface area contributed by atoms with Crippen LogP contribution >= 0.6 is 0 Å². The number of benzene rings is 3. The molecule has 8 heteroatoms. The molecule has 3 aromatic rings. The number of sulfonamides is 1. The van der Waals surface area contributed by atoms with Crippen molar-refractivity contribution in [3.63, 3.8) is 0 Å². The van der Waals surface area contributed by atoms with Crippen LogP contribution in [0.4, 0.5) is 10.5 Å². The second kappa shape index (κ2) is 7.23. The summed E-state index contributed by atoms with van der Waals surface area (Å²) >= 11 is 0. The van der Waals surface area contributed by atoms with Gasteiger partial charge in [0.1, 0.15) is 17.3 Å². The van der Waals surface area contributed by atoms with E-state index in [9.17, 15) is 18.3 Å². The van der Waals surface area contributed by atoms with Gasteiger partial charge < -0.3 is 9.84 Å². The molecule has 29 heavy (non-hydrogen) atoms. The lowest BCUT2D eigenvalue weighted by atomic mass is 9.98. The molecule has 0 bridgehead atoms. The fourth-order valence-electron chi connectivity index (χ4n) is 3.57. The van der Waals surface area contributed by atoms with Gasteiger partial charge in [0.2, 0.25) is 10.0 Å². The Kier molecular flexibility index (Phi) is 4.73. The zero-order valence-electron chi connectivity index (χ0n) is 15.2. The number of amides is 1. The lowest BCUT2D eigenvalue weighted by Crippen LogP contribution is -2.18. The summed E-state index contributed by atoms with van der Waals surface area (Å²) in [5.74, 6) is -0.585. The molecule has 0 radical (unpaired) electrons. The Bertz CT molecular complexity index is 1160. The highest BCUT2D eigenvalue weighted by Crippen LogP contribution is 2.44. The molecule has 4 N–H and O–H groups in total. The zero-order valence-corrected chi connectivity index (χ0v) is 16.0. The molecule has 7 nitrogen and oxygen atoms in total. The third-order valence-electron chi connectivity index (χ3n) is 4.86. The van der Waals surface area contributed by atoms with E-state index in [2.05, 4.69) is 5.32 Å². The normalized spacial score (nSPS) is 12.9. The van der Waals surface area contributed by atoms with E-state index in [1.54, 1.807) is 0 Å². The Balaban J connectivity index is 1.50. The summed E-state index contributed by atoms with van der Waals surface area (Å²) in [7, 11) is -4.13. The van der Waals surface area contributed by atoms with Crippen molar-refractivity contribution in [1.29, 1.82) is 0 Å². The number of hydrogen-bond acceptors (Lipinski definition) is 5. The van der Waals surface area contributed by atoms with Crippen LogP contribution < -0.4 is 10.5 Å². The van der Waals surface area contributed by atoms with E-state index in [-0.39, 0.29) is 18.2 Å². The summed E-state index contributed by atoms with van der Waals surface area (Å²) in [5, 5.41) is 17.2. The summed E-state index contributed by atoms with van der Waals surface area (Å²) in [6.45, 7) is 0.125. The van der Waals surface area contributed by atoms with Gasteiger partial charge in [0, 0.05) is 11.6 Å². The molecular weight excluding hydrogens is 392 g/mol. The average molecular weight is 410 g/mol. The quantitative estimate of drug-likeness (QED) is 0.570. The highest BCUT2D eigenvalue weighted by Gasteiger charge is 2.29. The topological polar surface area (TPSA) is 119 Å². The SMILES string of the molecule is NS(=O)(=O)c1cc(NC(=O)OCC2c3ccccc3-c3ccccc32)ccc1O. The van der Waals surface area contributed by atoms with Crippen LogP contribution in [0, 0.1) is 0 Å². The van der Waals surface area contributed by atoms with E-state index in [1.807, 2.05) is 48.5 Å².